The van der Waals surface area contributed by atoms with Crippen LogP contribution in [0.2, 0.25) is 0 Å². The number of amides is 1. The molecule has 2 N–H and O–H groups in total. The quantitative estimate of drug-likeness (QED) is 0.690. The van der Waals surface area contributed by atoms with Gasteiger partial charge in [-0.3, -0.25) is 4.79 Å². The smallest absolute Gasteiger partial charge is 0.255 e. The van der Waals surface area contributed by atoms with Crippen molar-refractivity contribution in [2.45, 2.75) is 19.9 Å². The van der Waals surface area contributed by atoms with Gasteiger partial charge in [-0.2, -0.15) is 10.1 Å². The van der Waals surface area contributed by atoms with E-state index in [2.05, 4.69) is 20.7 Å². The molecule has 1 aliphatic heterocycles. The topological polar surface area (TPSA) is 81.1 Å². The molecule has 0 spiro atoms. The average Bonchev–Trinajstić information content (AvgIpc) is 3.16. The first-order valence-electron chi connectivity index (χ1n) is 9.24. The number of rotatable bonds is 5. The molecule has 1 aromatic heterocycles. The fourth-order valence-corrected chi connectivity index (χ4v) is 3.41. The minimum absolute atomic E-state index is 0.336. The van der Waals surface area contributed by atoms with Gasteiger partial charge < -0.3 is 15.4 Å². The summed E-state index contributed by atoms with van der Waals surface area (Å²) in [5, 5.41) is 10.3. The van der Waals surface area contributed by atoms with Crippen molar-refractivity contribution in [2.75, 3.05) is 17.2 Å². The molecule has 0 saturated carbocycles. The molecule has 0 unspecified atom stereocenters. The minimum Gasteiger partial charge on any atom is -0.492 e. The standard InChI is InChI=1S/C21H20FN5O2/c1-3-29-17-10-5-4-9-16(17)26-20(28)18-13(2)25-21-23-12-24-27(21)19(18)14-7-6-8-15(22)11-14/h4-12,19H,3H2,1-2H3,(H,26,28)(H,23,24,25)/t19-/m0/s1. The number of nitrogens with zero attached hydrogens (tertiary/aromatic N) is 3. The third kappa shape index (κ3) is 3.56. The Bertz CT molecular complexity index is 1090. The van der Waals surface area contributed by atoms with Crippen molar-refractivity contribution in [1.82, 2.24) is 14.8 Å². The normalized spacial score (nSPS) is 15.5. The zero-order valence-corrected chi connectivity index (χ0v) is 16.0. The molecule has 0 fully saturated rings. The van der Waals surface area contributed by atoms with E-state index in [-0.39, 0.29) is 11.7 Å². The van der Waals surface area contributed by atoms with Gasteiger partial charge in [-0.1, -0.05) is 24.3 Å². The van der Waals surface area contributed by atoms with Crippen LogP contribution >= 0.6 is 0 Å². The Morgan fingerprint density at radius 3 is 2.90 bits per heavy atom. The fraction of sp³-hybridized carbons (Fsp3) is 0.190. The Hall–Kier alpha value is -3.68. The summed E-state index contributed by atoms with van der Waals surface area (Å²) >= 11 is 0. The highest BCUT2D eigenvalue weighted by atomic mass is 19.1. The number of ether oxygens (including phenoxy) is 1. The molecule has 0 bridgehead atoms. The van der Waals surface area contributed by atoms with Crippen LogP contribution < -0.4 is 15.4 Å². The van der Waals surface area contributed by atoms with Gasteiger partial charge in [0.2, 0.25) is 5.95 Å². The SMILES string of the molecule is CCOc1ccccc1NC(=O)C1=C(C)Nc2ncnn2[C@H]1c1cccc(F)c1. The molecule has 148 valence electrons. The van der Waals surface area contributed by atoms with E-state index in [9.17, 15) is 9.18 Å². The number of allylic oxidation sites excluding steroid dienone is 1. The van der Waals surface area contributed by atoms with Crippen LogP contribution in [-0.4, -0.2) is 27.3 Å². The maximum absolute atomic E-state index is 13.9. The molecule has 0 radical (unpaired) electrons. The van der Waals surface area contributed by atoms with E-state index in [0.29, 0.717) is 40.8 Å². The number of hydrogen-bond acceptors (Lipinski definition) is 5. The molecular formula is C21H20FN5O2. The third-order valence-electron chi connectivity index (χ3n) is 4.64. The molecule has 2 heterocycles. The largest absolute Gasteiger partial charge is 0.492 e. The van der Waals surface area contributed by atoms with E-state index in [1.807, 2.05) is 19.1 Å². The number of para-hydroxylation sites is 2. The fourth-order valence-electron chi connectivity index (χ4n) is 3.41. The van der Waals surface area contributed by atoms with Gasteiger partial charge in [0, 0.05) is 5.70 Å². The molecule has 2 aromatic carbocycles. The molecule has 8 heteroatoms. The molecule has 7 nitrogen and oxygen atoms in total. The van der Waals surface area contributed by atoms with Crippen LogP contribution in [0, 0.1) is 5.82 Å². The number of hydrogen-bond donors (Lipinski definition) is 2. The summed E-state index contributed by atoms with van der Waals surface area (Å²) in [4.78, 5) is 17.5. The summed E-state index contributed by atoms with van der Waals surface area (Å²) in [5.74, 6) is 0.344. The van der Waals surface area contributed by atoms with Gasteiger partial charge in [0.05, 0.1) is 17.9 Å². The second-order valence-corrected chi connectivity index (χ2v) is 6.53. The van der Waals surface area contributed by atoms with Gasteiger partial charge in [0.15, 0.2) is 0 Å². The predicted molar refractivity (Wildman–Crippen MR) is 107 cm³/mol. The summed E-state index contributed by atoms with van der Waals surface area (Å²) < 4.78 is 21.1. The first-order chi connectivity index (χ1) is 14.1. The first kappa shape index (κ1) is 18.7. The van der Waals surface area contributed by atoms with Crippen molar-refractivity contribution in [2.24, 2.45) is 0 Å². The summed E-state index contributed by atoms with van der Waals surface area (Å²) in [5.41, 5.74) is 2.19. The lowest BCUT2D eigenvalue weighted by molar-refractivity contribution is -0.113. The van der Waals surface area contributed by atoms with E-state index < -0.39 is 6.04 Å². The Morgan fingerprint density at radius 2 is 2.10 bits per heavy atom. The first-order valence-corrected chi connectivity index (χ1v) is 9.24. The van der Waals surface area contributed by atoms with E-state index in [0.717, 1.165) is 0 Å². The molecular weight excluding hydrogens is 373 g/mol. The van der Waals surface area contributed by atoms with Crippen molar-refractivity contribution >= 4 is 17.5 Å². The third-order valence-corrected chi connectivity index (χ3v) is 4.64. The zero-order chi connectivity index (χ0) is 20.4. The van der Waals surface area contributed by atoms with E-state index in [1.54, 1.807) is 35.9 Å². The van der Waals surface area contributed by atoms with E-state index >= 15 is 0 Å². The molecule has 0 aliphatic carbocycles. The summed E-state index contributed by atoms with van der Waals surface area (Å²) in [6.45, 7) is 4.14. The summed E-state index contributed by atoms with van der Waals surface area (Å²) in [7, 11) is 0. The molecule has 29 heavy (non-hydrogen) atoms. The summed E-state index contributed by atoms with van der Waals surface area (Å²) in [6, 6.07) is 12.7. The molecule has 4 rings (SSSR count). The Kier molecular flexibility index (Phi) is 4.99. The van der Waals surface area contributed by atoms with Crippen molar-refractivity contribution in [3.8, 4) is 5.75 Å². The number of carbonyl (C=O) groups excluding carboxylic acids is 1. The number of anilines is 2. The van der Waals surface area contributed by atoms with Gasteiger partial charge in [-0.25, -0.2) is 9.07 Å². The lowest BCUT2D eigenvalue weighted by Crippen LogP contribution is -2.31. The Labute approximate surface area is 167 Å². The van der Waals surface area contributed by atoms with Gasteiger partial charge in [-0.05, 0) is 43.7 Å². The minimum atomic E-state index is -0.622. The molecule has 1 atom stereocenters. The maximum Gasteiger partial charge on any atom is 0.255 e. The highest BCUT2D eigenvalue weighted by molar-refractivity contribution is 6.06. The van der Waals surface area contributed by atoms with Crippen LogP contribution in [0.1, 0.15) is 25.5 Å². The number of aromatic nitrogens is 3. The Morgan fingerprint density at radius 1 is 1.28 bits per heavy atom. The van der Waals surface area contributed by atoms with Crippen molar-refractivity contribution < 1.29 is 13.9 Å². The average molecular weight is 393 g/mol. The van der Waals surface area contributed by atoms with Crippen LogP contribution in [0.5, 0.6) is 5.75 Å². The predicted octanol–water partition coefficient (Wildman–Crippen LogP) is 3.74. The number of nitrogens with one attached hydrogen (secondary N) is 2. The van der Waals surface area contributed by atoms with Crippen LogP contribution in [0.4, 0.5) is 16.0 Å². The van der Waals surface area contributed by atoms with Crippen molar-refractivity contribution in [1.29, 1.82) is 0 Å². The van der Waals surface area contributed by atoms with Gasteiger partial charge in [-0.15, -0.1) is 0 Å². The number of carbonyl (C=O) groups is 1. The van der Waals surface area contributed by atoms with Crippen LogP contribution in [0.3, 0.4) is 0 Å². The molecule has 1 aliphatic rings. The lowest BCUT2D eigenvalue weighted by atomic mass is 9.95. The number of fused-ring (bicyclic) bond motifs is 1. The second kappa shape index (κ2) is 7.75. The monoisotopic (exact) mass is 393 g/mol. The van der Waals surface area contributed by atoms with Crippen molar-refractivity contribution in [3.63, 3.8) is 0 Å². The Balaban J connectivity index is 1.75. The summed E-state index contributed by atoms with van der Waals surface area (Å²) in [6.07, 6.45) is 1.40. The maximum atomic E-state index is 13.9. The lowest BCUT2D eigenvalue weighted by Gasteiger charge is -2.29. The molecule has 3 aromatic rings. The number of benzene rings is 2. The van der Waals surface area contributed by atoms with E-state index in [4.69, 9.17) is 4.74 Å². The van der Waals surface area contributed by atoms with Crippen LogP contribution in [0.15, 0.2) is 66.1 Å². The van der Waals surface area contributed by atoms with Gasteiger partial charge >= 0.3 is 0 Å². The van der Waals surface area contributed by atoms with Crippen LogP contribution in [-0.2, 0) is 4.79 Å². The highest BCUT2D eigenvalue weighted by Crippen LogP contribution is 2.36. The van der Waals surface area contributed by atoms with Gasteiger partial charge in [0.1, 0.15) is 23.9 Å². The van der Waals surface area contributed by atoms with Crippen molar-refractivity contribution in [3.05, 3.63) is 77.5 Å². The van der Waals surface area contributed by atoms with Crippen LogP contribution in [0.25, 0.3) is 0 Å². The zero-order valence-electron chi connectivity index (χ0n) is 16.0. The highest BCUT2D eigenvalue weighted by Gasteiger charge is 2.33. The van der Waals surface area contributed by atoms with E-state index in [1.165, 1.54) is 18.5 Å². The molecule has 1 amide bonds. The number of halogens is 1. The van der Waals surface area contributed by atoms with Gasteiger partial charge in [0.25, 0.3) is 5.91 Å². The molecule has 0 saturated heterocycles. The second-order valence-electron chi connectivity index (χ2n) is 6.53.